The number of fused-ring (bicyclic) bond motifs is 1. The van der Waals surface area contributed by atoms with E-state index < -0.39 is 5.60 Å². The van der Waals surface area contributed by atoms with Gasteiger partial charge in [0, 0.05) is 6.42 Å². The molecule has 0 radical (unpaired) electrons. The van der Waals surface area contributed by atoms with E-state index in [0.29, 0.717) is 25.3 Å². The summed E-state index contributed by atoms with van der Waals surface area (Å²) < 4.78 is 5.28. The molecule has 24 heavy (non-hydrogen) atoms. The number of aliphatic hydroxyl groups is 1. The highest BCUT2D eigenvalue weighted by atomic mass is 16.5. The summed E-state index contributed by atoms with van der Waals surface area (Å²) in [5.74, 6) is 1.42. The molecule has 2 N–H and O–H groups in total. The molecule has 2 aliphatic carbocycles. The van der Waals surface area contributed by atoms with E-state index in [1.54, 1.807) is 7.11 Å². The Hall–Kier alpha value is -1.55. The summed E-state index contributed by atoms with van der Waals surface area (Å²) in [6.45, 7) is 0.303. The van der Waals surface area contributed by atoms with Gasteiger partial charge in [-0.25, -0.2) is 0 Å². The Bertz CT molecular complexity index is 580. The van der Waals surface area contributed by atoms with Crippen molar-refractivity contribution in [1.82, 2.24) is 5.32 Å². The molecule has 4 heteroatoms. The van der Waals surface area contributed by atoms with Crippen LogP contribution in [0, 0.1) is 5.92 Å². The molecule has 0 bridgehead atoms. The van der Waals surface area contributed by atoms with E-state index in [2.05, 4.69) is 5.32 Å². The van der Waals surface area contributed by atoms with Crippen molar-refractivity contribution in [3.63, 3.8) is 0 Å². The van der Waals surface area contributed by atoms with Gasteiger partial charge in [-0.15, -0.1) is 0 Å². The highest BCUT2D eigenvalue weighted by Crippen LogP contribution is 2.36. The zero-order chi connectivity index (χ0) is 17.0. The van der Waals surface area contributed by atoms with Crippen molar-refractivity contribution in [3.05, 3.63) is 29.3 Å². The molecular weight excluding hydrogens is 302 g/mol. The summed E-state index contributed by atoms with van der Waals surface area (Å²) in [5, 5.41) is 14.1. The number of aryl methyl sites for hydroxylation is 1. The lowest BCUT2D eigenvalue weighted by Gasteiger charge is -2.35. The van der Waals surface area contributed by atoms with Crippen LogP contribution in [0.3, 0.4) is 0 Å². The molecule has 0 aliphatic heterocycles. The predicted octanol–water partition coefficient (Wildman–Crippen LogP) is 3.31. The maximum atomic E-state index is 12.3. The van der Waals surface area contributed by atoms with Gasteiger partial charge in [-0.05, 0) is 61.3 Å². The topological polar surface area (TPSA) is 58.6 Å². The summed E-state index contributed by atoms with van der Waals surface area (Å²) in [4.78, 5) is 12.3. The molecule has 1 unspecified atom stereocenters. The zero-order valence-electron chi connectivity index (χ0n) is 14.6. The van der Waals surface area contributed by atoms with E-state index in [0.717, 1.165) is 29.7 Å². The van der Waals surface area contributed by atoms with Crippen molar-refractivity contribution in [1.29, 1.82) is 0 Å². The first-order valence-electron chi connectivity index (χ1n) is 9.27. The maximum Gasteiger partial charge on any atom is 0.220 e. The third-order valence-electron chi connectivity index (χ3n) is 5.63. The molecule has 1 atom stereocenters. The summed E-state index contributed by atoms with van der Waals surface area (Å²) in [5.41, 5.74) is 1.11. The highest BCUT2D eigenvalue weighted by Gasteiger charge is 2.35. The van der Waals surface area contributed by atoms with Crippen molar-refractivity contribution in [3.8, 4) is 5.75 Å². The molecule has 0 spiro atoms. The lowest BCUT2D eigenvalue weighted by molar-refractivity contribution is -0.123. The van der Waals surface area contributed by atoms with Gasteiger partial charge in [-0.1, -0.05) is 25.3 Å². The molecule has 132 valence electrons. The molecule has 1 fully saturated rings. The molecule has 1 amide bonds. The first-order valence-corrected chi connectivity index (χ1v) is 9.27. The minimum atomic E-state index is -0.956. The molecular formula is C20H29NO3. The van der Waals surface area contributed by atoms with E-state index in [4.69, 9.17) is 4.74 Å². The SMILES string of the molecule is COc1ccc2c(c1)CCCC2(O)CNC(=O)CC1CCCCC1. The molecule has 1 aromatic rings. The van der Waals surface area contributed by atoms with Crippen molar-refractivity contribution in [2.24, 2.45) is 5.92 Å². The Kier molecular flexibility index (Phi) is 5.44. The summed E-state index contributed by atoms with van der Waals surface area (Å²) >= 11 is 0. The minimum absolute atomic E-state index is 0.0796. The van der Waals surface area contributed by atoms with Crippen LogP contribution in [0.1, 0.15) is 62.5 Å². The summed E-state index contributed by atoms with van der Waals surface area (Å²) in [6, 6.07) is 5.84. The smallest absolute Gasteiger partial charge is 0.220 e. The van der Waals surface area contributed by atoms with Crippen LogP contribution < -0.4 is 10.1 Å². The van der Waals surface area contributed by atoms with E-state index in [1.807, 2.05) is 18.2 Å². The Morgan fingerprint density at radius 3 is 2.83 bits per heavy atom. The Morgan fingerprint density at radius 1 is 1.29 bits per heavy atom. The van der Waals surface area contributed by atoms with Crippen molar-refractivity contribution in [2.45, 2.75) is 63.4 Å². The Labute approximate surface area is 144 Å². The fourth-order valence-electron chi connectivity index (χ4n) is 4.22. The van der Waals surface area contributed by atoms with Crippen LogP contribution in [0.15, 0.2) is 18.2 Å². The van der Waals surface area contributed by atoms with Crippen molar-refractivity contribution < 1.29 is 14.6 Å². The van der Waals surface area contributed by atoms with Crippen molar-refractivity contribution >= 4 is 5.91 Å². The fraction of sp³-hybridized carbons (Fsp3) is 0.650. The normalized spacial score (nSPS) is 24.2. The highest BCUT2D eigenvalue weighted by molar-refractivity contribution is 5.76. The van der Waals surface area contributed by atoms with Gasteiger partial charge < -0.3 is 15.2 Å². The first kappa shape index (κ1) is 17.3. The van der Waals surface area contributed by atoms with Gasteiger partial charge in [-0.3, -0.25) is 4.79 Å². The average Bonchev–Trinajstić information content (AvgIpc) is 2.61. The van der Waals surface area contributed by atoms with Gasteiger partial charge in [0.15, 0.2) is 0 Å². The van der Waals surface area contributed by atoms with E-state index in [9.17, 15) is 9.90 Å². The molecule has 1 saturated carbocycles. The molecule has 0 heterocycles. The Balaban J connectivity index is 1.61. The largest absolute Gasteiger partial charge is 0.497 e. The number of nitrogens with one attached hydrogen (secondary N) is 1. The van der Waals surface area contributed by atoms with Gasteiger partial charge in [0.05, 0.1) is 13.7 Å². The second-order valence-corrected chi connectivity index (χ2v) is 7.39. The molecule has 0 aromatic heterocycles. The number of methoxy groups -OCH3 is 1. The quantitative estimate of drug-likeness (QED) is 0.870. The van der Waals surface area contributed by atoms with Gasteiger partial charge in [-0.2, -0.15) is 0 Å². The number of amides is 1. The number of carbonyl (C=O) groups is 1. The van der Waals surface area contributed by atoms with Gasteiger partial charge in [0.2, 0.25) is 5.91 Å². The third kappa shape index (κ3) is 3.92. The second kappa shape index (κ2) is 7.56. The molecule has 1 aromatic carbocycles. The second-order valence-electron chi connectivity index (χ2n) is 7.39. The fourth-order valence-corrected chi connectivity index (χ4v) is 4.22. The lowest BCUT2D eigenvalue weighted by Crippen LogP contribution is -2.43. The molecule has 0 saturated heterocycles. The van der Waals surface area contributed by atoms with Crippen LogP contribution in [0.5, 0.6) is 5.75 Å². The number of ether oxygens (including phenoxy) is 1. The molecule has 4 nitrogen and oxygen atoms in total. The molecule has 2 aliphatic rings. The van der Waals surface area contributed by atoms with Crippen LogP contribution in [-0.2, 0) is 16.8 Å². The van der Waals surface area contributed by atoms with Crippen LogP contribution >= 0.6 is 0 Å². The number of hydrogen-bond acceptors (Lipinski definition) is 3. The van der Waals surface area contributed by atoms with Crippen LogP contribution in [0.2, 0.25) is 0 Å². The monoisotopic (exact) mass is 331 g/mol. The van der Waals surface area contributed by atoms with E-state index in [1.165, 1.54) is 32.1 Å². The standard InChI is InChI=1S/C20H29NO3/c1-24-17-9-10-18-16(13-17)8-5-11-20(18,23)14-21-19(22)12-15-6-3-2-4-7-15/h9-10,13,15,23H,2-8,11-12,14H2,1H3,(H,21,22). The van der Waals surface area contributed by atoms with Gasteiger partial charge >= 0.3 is 0 Å². The zero-order valence-corrected chi connectivity index (χ0v) is 14.6. The summed E-state index contributed by atoms with van der Waals surface area (Å²) in [7, 11) is 1.65. The first-order chi connectivity index (χ1) is 11.6. The maximum absolute atomic E-state index is 12.3. The lowest BCUT2D eigenvalue weighted by atomic mass is 9.79. The van der Waals surface area contributed by atoms with Crippen molar-refractivity contribution in [2.75, 3.05) is 13.7 Å². The van der Waals surface area contributed by atoms with Crippen LogP contribution in [0.4, 0.5) is 0 Å². The number of benzene rings is 1. The summed E-state index contributed by atoms with van der Waals surface area (Å²) in [6.07, 6.45) is 9.30. The average molecular weight is 331 g/mol. The van der Waals surface area contributed by atoms with Gasteiger partial charge in [0.25, 0.3) is 0 Å². The minimum Gasteiger partial charge on any atom is -0.497 e. The third-order valence-corrected chi connectivity index (χ3v) is 5.63. The Morgan fingerprint density at radius 2 is 2.08 bits per heavy atom. The van der Waals surface area contributed by atoms with Crippen LogP contribution in [-0.4, -0.2) is 24.7 Å². The number of hydrogen-bond donors (Lipinski definition) is 2. The predicted molar refractivity (Wildman–Crippen MR) is 94.0 cm³/mol. The van der Waals surface area contributed by atoms with Crippen LogP contribution in [0.25, 0.3) is 0 Å². The van der Waals surface area contributed by atoms with Gasteiger partial charge in [0.1, 0.15) is 11.4 Å². The number of rotatable bonds is 5. The van der Waals surface area contributed by atoms with E-state index >= 15 is 0 Å². The van der Waals surface area contributed by atoms with E-state index in [-0.39, 0.29) is 5.91 Å². The molecule has 3 rings (SSSR count). The number of carbonyl (C=O) groups excluding carboxylic acids is 1.